The molecule has 0 spiro atoms. The SMILES string of the molecule is CCCN(C1CCNCC1)S(=O)(=O)c1ccc(F)cc1C. The Morgan fingerprint density at radius 1 is 1.33 bits per heavy atom. The Bertz CT molecular complexity index is 583. The molecule has 0 atom stereocenters. The first kappa shape index (κ1) is 16.4. The molecule has 0 aliphatic carbocycles. The minimum absolute atomic E-state index is 0.0284. The van der Waals surface area contributed by atoms with Crippen molar-refractivity contribution in [1.29, 1.82) is 0 Å². The van der Waals surface area contributed by atoms with Gasteiger partial charge in [0.15, 0.2) is 0 Å². The van der Waals surface area contributed by atoms with E-state index in [1.165, 1.54) is 18.2 Å². The highest BCUT2D eigenvalue weighted by molar-refractivity contribution is 7.89. The predicted molar refractivity (Wildman–Crippen MR) is 81.2 cm³/mol. The maximum atomic E-state index is 13.2. The van der Waals surface area contributed by atoms with Crippen molar-refractivity contribution in [2.24, 2.45) is 0 Å². The molecule has 1 N–H and O–H groups in total. The summed E-state index contributed by atoms with van der Waals surface area (Å²) in [4.78, 5) is 0.218. The molecular formula is C15H23FN2O2S. The smallest absolute Gasteiger partial charge is 0.243 e. The Kier molecular flexibility index (Phi) is 5.35. The van der Waals surface area contributed by atoms with Crippen LogP contribution < -0.4 is 5.32 Å². The first-order chi connectivity index (χ1) is 9.96. The zero-order valence-corrected chi connectivity index (χ0v) is 13.4. The average Bonchev–Trinajstić information content (AvgIpc) is 2.45. The molecule has 1 saturated heterocycles. The molecule has 0 amide bonds. The molecule has 2 rings (SSSR count). The summed E-state index contributed by atoms with van der Waals surface area (Å²) >= 11 is 0. The summed E-state index contributed by atoms with van der Waals surface area (Å²) in [6, 6.07) is 3.90. The minimum Gasteiger partial charge on any atom is -0.317 e. The molecule has 1 aromatic rings. The number of hydrogen-bond donors (Lipinski definition) is 1. The standard InChI is InChI=1S/C15H23FN2O2S/c1-3-10-18(14-6-8-17-9-7-14)21(19,20)15-5-4-13(16)11-12(15)2/h4-5,11,14,17H,3,6-10H2,1-2H3. The minimum atomic E-state index is -3.57. The van der Waals surface area contributed by atoms with E-state index in [9.17, 15) is 12.8 Å². The summed E-state index contributed by atoms with van der Waals surface area (Å²) in [5.74, 6) is -0.407. The molecule has 0 unspecified atom stereocenters. The van der Waals surface area contributed by atoms with Gasteiger partial charge in [-0.25, -0.2) is 12.8 Å². The van der Waals surface area contributed by atoms with Crippen LogP contribution in [0.15, 0.2) is 23.1 Å². The van der Waals surface area contributed by atoms with Crippen LogP contribution in [0, 0.1) is 12.7 Å². The molecule has 0 radical (unpaired) electrons. The van der Waals surface area contributed by atoms with Crippen molar-refractivity contribution < 1.29 is 12.8 Å². The van der Waals surface area contributed by atoms with E-state index in [1.54, 1.807) is 11.2 Å². The fourth-order valence-electron chi connectivity index (χ4n) is 2.84. The van der Waals surface area contributed by atoms with Crippen molar-refractivity contribution in [3.8, 4) is 0 Å². The number of hydrogen-bond acceptors (Lipinski definition) is 3. The molecule has 0 aromatic heterocycles. The molecule has 4 nitrogen and oxygen atoms in total. The van der Waals surface area contributed by atoms with Crippen LogP contribution in [-0.4, -0.2) is 38.4 Å². The zero-order valence-electron chi connectivity index (χ0n) is 12.6. The van der Waals surface area contributed by atoms with E-state index in [-0.39, 0.29) is 10.9 Å². The monoisotopic (exact) mass is 314 g/mol. The van der Waals surface area contributed by atoms with E-state index in [4.69, 9.17) is 0 Å². The number of halogens is 1. The van der Waals surface area contributed by atoms with Gasteiger partial charge in [-0.1, -0.05) is 6.92 Å². The molecular weight excluding hydrogens is 291 g/mol. The number of rotatable bonds is 5. The van der Waals surface area contributed by atoms with Crippen molar-refractivity contribution in [3.05, 3.63) is 29.6 Å². The third-order valence-corrected chi connectivity index (χ3v) is 6.00. The molecule has 1 heterocycles. The number of piperidine rings is 1. The van der Waals surface area contributed by atoms with Gasteiger partial charge in [0, 0.05) is 12.6 Å². The summed E-state index contributed by atoms with van der Waals surface area (Å²) in [6.45, 7) is 5.79. The van der Waals surface area contributed by atoms with Crippen LogP contribution in [0.1, 0.15) is 31.7 Å². The zero-order chi connectivity index (χ0) is 15.5. The third kappa shape index (κ3) is 3.62. The van der Waals surface area contributed by atoms with Crippen LogP contribution in [-0.2, 0) is 10.0 Å². The van der Waals surface area contributed by atoms with Gasteiger partial charge in [0.25, 0.3) is 0 Å². The van der Waals surface area contributed by atoms with E-state index < -0.39 is 15.8 Å². The van der Waals surface area contributed by atoms with Crippen molar-refractivity contribution in [2.45, 2.75) is 44.0 Å². The molecule has 21 heavy (non-hydrogen) atoms. The van der Waals surface area contributed by atoms with Crippen molar-refractivity contribution in [3.63, 3.8) is 0 Å². The lowest BCUT2D eigenvalue weighted by molar-refractivity contribution is 0.262. The maximum absolute atomic E-state index is 13.2. The van der Waals surface area contributed by atoms with Gasteiger partial charge in [-0.3, -0.25) is 0 Å². The summed E-state index contributed by atoms with van der Waals surface area (Å²) in [5.41, 5.74) is 0.463. The first-order valence-electron chi connectivity index (χ1n) is 7.45. The van der Waals surface area contributed by atoms with Gasteiger partial charge in [-0.05, 0) is 63.0 Å². The average molecular weight is 314 g/mol. The third-order valence-electron chi connectivity index (χ3n) is 3.88. The molecule has 0 saturated carbocycles. The first-order valence-corrected chi connectivity index (χ1v) is 8.89. The highest BCUT2D eigenvalue weighted by Crippen LogP contribution is 2.25. The predicted octanol–water partition coefficient (Wildman–Crippen LogP) is 2.29. The fraction of sp³-hybridized carbons (Fsp3) is 0.600. The summed E-state index contributed by atoms with van der Waals surface area (Å²) < 4.78 is 40.7. The number of sulfonamides is 1. The molecule has 1 aromatic carbocycles. The van der Waals surface area contributed by atoms with Crippen LogP contribution >= 0.6 is 0 Å². The van der Waals surface area contributed by atoms with Gasteiger partial charge in [-0.2, -0.15) is 4.31 Å². The normalized spacial score (nSPS) is 17.3. The van der Waals surface area contributed by atoms with E-state index >= 15 is 0 Å². The molecule has 1 aliphatic rings. The largest absolute Gasteiger partial charge is 0.317 e. The second kappa shape index (κ2) is 6.85. The van der Waals surface area contributed by atoms with E-state index in [1.807, 2.05) is 6.92 Å². The Morgan fingerprint density at radius 3 is 2.57 bits per heavy atom. The number of benzene rings is 1. The number of aryl methyl sites for hydroxylation is 1. The van der Waals surface area contributed by atoms with Crippen LogP contribution in [0.3, 0.4) is 0 Å². The Hall–Kier alpha value is -0.980. The highest BCUT2D eigenvalue weighted by atomic mass is 32.2. The Morgan fingerprint density at radius 2 is 2.00 bits per heavy atom. The summed E-state index contributed by atoms with van der Waals surface area (Å²) in [7, 11) is -3.57. The van der Waals surface area contributed by atoms with E-state index in [0.29, 0.717) is 12.1 Å². The molecule has 0 bridgehead atoms. The maximum Gasteiger partial charge on any atom is 0.243 e. The van der Waals surface area contributed by atoms with Gasteiger partial charge in [0.2, 0.25) is 10.0 Å². The van der Waals surface area contributed by atoms with Crippen LogP contribution in [0.2, 0.25) is 0 Å². The number of nitrogens with one attached hydrogen (secondary N) is 1. The lowest BCUT2D eigenvalue weighted by Gasteiger charge is -2.33. The van der Waals surface area contributed by atoms with Crippen LogP contribution in [0.25, 0.3) is 0 Å². The van der Waals surface area contributed by atoms with Crippen LogP contribution in [0.4, 0.5) is 4.39 Å². The van der Waals surface area contributed by atoms with E-state index in [2.05, 4.69) is 5.32 Å². The molecule has 1 fully saturated rings. The highest BCUT2D eigenvalue weighted by Gasteiger charge is 2.32. The topological polar surface area (TPSA) is 49.4 Å². The Labute approximate surface area is 126 Å². The van der Waals surface area contributed by atoms with Gasteiger partial charge < -0.3 is 5.32 Å². The van der Waals surface area contributed by atoms with Crippen LogP contribution in [0.5, 0.6) is 0 Å². The summed E-state index contributed by atoms with van der Waals surface area (Å²) in [5, 5.41) is 3.25. The van der Waals surface area contributed by atoms with E-state index in [0.717, 1.165) is 32.4 Å². The molecule has 118 valence electrons. The Balaban J connectivity index is 2.36. The fourth-order valence-corrected chi connectivity index (χ4v) is 4.83. The number of nitrogens with zero attached hydrogens (tertiary/aromatic N) is 1. The molecule has 6 heteroatoms. The van der Waals surface area contributed by atoms with Gasteiger partial charge >= 0.3 is 0 Å². The summed E-state index contributed by atoms with van der Waals surface area (Å²) in [6.07, 6.45) is 2.41. The lowest BCUT2D eigenvalue weighted by atomic mass is 10.1. The quantitative estimate of drug-likeness (QED) is 0.907. The second-order valence-corrected chi connectivity index (χ2v) is 7.37. The van der Waals surface area contributed by atoms with Gasteiger partial charge in [0.05, 0.1) is 4.90 Å². The van der Waals surface area contributed by atoms with Crippen molar-refractivity contribution in [2.75, 3.05) is 19.6 Å². The second-order valence-electron chi connectivity index (χ2n) is 5.51. The van der Waals surface area contributed by atoms with Crippen molar-refractivity contribution >= 4 is 10.0 Å². The van der Waals surface area contributed by atoms with Gasteiger partial charge in [0.1, 0.15) is 5.82 Å². The lowest BCUT2D eigenvalue weighted by Crippen LogP contribution is -2.46. The molecule has 1 aliphatic heterocycles. The van der Waals surface area contributed by atoms with Crippen molar-refractivity contribution in [1.82, 2.24) is 9.62 Å². The van der Waals surface area contributed by atoms with Gasteiger partial charge in [-0.15, -0.1) is 0 Å².